The Hall–Kier alpha value is -0.850. The van der Waals surface area contributed by atoms with Gasteiger partial charge in [0, 0.05) is 23.1 Å². The lowest BCUT2D eigenvalue weighted by Gasteiger charge is -2.51. The van der Waals surface area contributed by atoms with Gasteiger partial charge in [0.25, 0.3) is 0 Å². The van der Waals surface area contributed by atoms with E-state index in [1.807, 2.05) is 6.92 Å². The van der Waals surface area contributed by atoms with Crippen LogP contribution in [0.4, 0.5) is 0 Å². The number of rotatable bonds is 5. The molecule has 0 spiro atoms. The predicted octanol–water partition coefficient (Wildman–Crippen LogP) is 5.61. The maximum absolute atomic E-state index is 12.7. The normalized spacial score (nSPS) is 25.5. The standard InChI is InChI=1S/C25H36Cl3N3O2/c1-17-9-11-18(12-10-17)20-22(2,3)15-19(30(20)29-21(32)25(26,27)28)16-33-31-23(4,5)13-8-14-24(31,6)7/h9-12,19H,8,13-16H2,1-7H3. The van der Waals surface area contributed by atoms with Crippen LogP contribution in [0.2, 0.25) is 0 Å². The molecule has 8 heteroatoms. The fraction of sp³-hybridized carbons (Fsp3) is 0.680. The Morgan fingerprint density at radius 1 is 1.09 bits per heavy atom. The molecule has 5 nitrogen and oxygen atoms in total. The lowest BCUT2D eigenvalue weighted by atomic mass is 9.81. The molecule has 1 saturated heterocycles. The maximum Gasteiger partial charge on any atom is 0.224 e. The molecule has 0 aromatic heterocycles. The van der Waals surface area contributed by atoms with Crippen molar-refractivity contribution in [3.63, 3.8) is 0 Å². The molecule has 1 aromatic carbocycles. The summed E-state index contributed by atoms with van der Waals surface area (Å²) in [6.07, 6.45) is 4.04. The van der Waals surface area contributed by atoms with Crippen LogP contribution in [0.1, 0.15) is 78.4 Å². The van der Waals surface area contributed by atoms with Gasteiger partial charge in [-0.25, -0.2) is 0 Å². The van der Waals surface area contributed by atoms with E-state index in [9.17, 15) is 5.11 Å². The summed E-state index contributed by atoms with van der Waals surface area (Å²) in [7, 11) is 0. The number of hydrazone groups is 1. The second-order valence-electron chi connectivity index (χ2n) is 11.3. The van der Waals surface area contributed by atoms with E-state index >= 15 is 0 Å². The summed E-state index contributed by atoms with van der Waals surface area (Å²) >= 11 is 17.6. The molecule has 1 unspecified atom stereocenters. The maximum atomic E-state index is 12.7. The summed E-state index contributed by atoms with van der Waals surface area (Å²) in [4.78, 5) is 6.50. The molecule has 33 heavy (non-hydrogen) atoms. The van der Waals surface area contributed by atoms with Gasteiger partial charge in [0.15, 0.2) is 0 Å². The summed E-state index contributed by atoms with van der Waals surface area (Å²) in [5, 5.41) is 19.1. The van der Waals surface area contributed by atoms with Gasteiger partial charge in [-0.2, -0.15) is 5.06 Å². The molecule has 0 amide bonds. The first-order chi connectivity index (χ1) is 15.0. The summed E-state index contributed by atoms with van der Waals surface area (Å²) in [5.74, 6) is -0.807. The molecule has 1 atom stereocenters. The molecular weight excluding hydrogens is 481 g/mol. The quantitative estimate of drug-likeness (QED) is 0.221. The molecule has 0 bridgehead atoms. The molecule has 3 rings (SSSR count). The number of nitrogens with zero attached hydrogens (tertiary/aromatic N) is 3. The number of benzene rings is 1. The van der Waals surface area contributed by atoms with Crippen molar-refractivity contribution in [1.29, 1.82) is 0 Å². The lowest BCUT2D eigenvalue weighted by molar-refractivity contribution is -0.575. The molecule has 2 heterocycles. The highest BCUT2D eigenvalue weighted by molar-refractivity contribution is 6.75. The number of alkyl halides is 3. The smallest absolute Gasteiger partial charge is 0.224 e. The van der Waals surface area contributed by atoms with Crippen molar-refractivity contribution in [1.82, 2.24) is 5.06 Å². The Morgan fingerprint density at radius 2 is 1.64 bits per heavy atom. The first-order valence-corrected chi connectivity index (χ1v) is 12.7. The fourth-order valence-electron chi connectivity index (χ4n) is 5.40. The van der Waals surface area contributed by atoms with Gasteiger partial charge >= 0.3 is 0 Å². The third-order valence-electron chi connectivity index (χ3n) is 6.80. The van der Waals surface area contributed by atoms with Crippen LogP contribution in [-0.4, -0.2) is 48.9 Å². The van der Waals surface area contributed by atoms with E-state index in [1.165, 1.54) is 6.42 Å². The van der Waals surface area contributed by atoms with Gasteiger partial charge in [0.1, 0.15) is 6.61 Å². The Balaban J connectivity index is 2.02. The highest BCUT2D eigenvalue weighted by atomic mass is 35.6. The zero-order valence-electron chi connectivity index (χ0n) is 20.7. The summed E-state index contributed by atoms with van der Waals surface area (Å²) in [5.41, 5.74) is 2.64. The third kappa shape index (κ3) is 5.87. The highest BCUT2D eigenvalue weighted by Crippen LogP contribution is 2.40. The summed E-state index contributed by atoms with van der Waals surface area (Å²) in [6, 6.07) is 8.02. The number of piperidine rings is 1. The number of hydroxylamine groups is 2. The van der Waals surface area contributed by atoms with Crippen molar-refractivity contribution < 1.29 is 14.6 Å². The van der Waals surface area contributed by atoms with E-state index in [4.69, 9.17) is 39.6 Å². The van der Waals surface area contributed by atoms with E-state index in [0.717, 1.165) is 36.1 Å². The van der Waals surface area contributed by atoms with Gasteiger partial charge in [0.2, 0.25) is 15.5 Å². The molecule has 0 N–H and O–H groups in total. The van der Waals surface area contributed by atoms with Gasteiger partial charge in [0.05, 0.1) is 11.3 Å². The minimum atomic E-state index is -2.12. The molecule has 1 aromatic rings. The third-order valence-corrected chi connectivity index (χ3v) is 7.29. The Morgan fingerprint density at radius 3 is 2.15 bits per heavy atom. The zero-order chi connectivity index (χ0) is 24.8. The molecule has 0 saturated carbocycles. The van der Waals surface area contributed by atoms with Gasteiger partial charge < -0.3 is 5.11 Å². The second kappa shape index (κ2) is 9.31. The molecule has 0 radical (unpaired) electrons. The number of aryl methyl sites for hydroxylation is 1. The van der Waals surface area contributed by atoms with Crippen LogP contribution in [0.25, 0.3) is 0 Å². The SMILES string of the molecule is Cc1ccc(C2=[N+](/N=C(\[O-])C(Cl)(Cl)Cl)C(CON3C(C)(C)CCCC3(C)C)CC2(C)C)cc1. The monoisotopic (exact) mass is 515 g/mol. The van der Waals surface area contributed by atoms with Crippen LogP contribution in [0.15, 0.2) is 29.4 Å². The van der Waals surface area contributed by atoms with E-state index in [0.29, 0.717) is 6.61 Å². The summed E-state index contributed by atoms with van der Waals surface area (Å²) in [6.45, 7) is 15.6. The largest absolute Gasteiger partial charge is 0.855 e. The van der Waals surface area contributed by atoms with Gasteiger partial charge in [-0.15, -0.1) is 0 Å². The van der Waals surface area contributed by atoms with Crippen LogP contribution in [0.3, 0.4) is 0 Å². The first kappa shape index (κ1) is 26.7. The van der Waals surface area contributed by atoms with Gasteiger partial charge in [-0.1, -0.05) is 57.2 Å². The van der Waals surface area contributed by atoms with Crippen LogP contribution in [0, 0.1) is 12.3 Å². The molecule has 0 aliphatic carbocycles. The minimum absolute atomic E-state index is 0.0886. The molecule has 2 aliphatic rings. The van der Waals surface area contributed by atoms with Crippen molar-refractivity contribution >= 4 is 46.4 Å². The highest BCUT2D eigenvalue weighted by Gasteiger charge is 2.50. The number of hydrogen-bond donors (Lipinski definition) is 0. The van der Waals surface area contributed by atoms with Crippen LogP contribution in [0.5, 0.6) is 0 Å². The van der Waals surface area contributed by atoms with Crippen LogP contribution in [-0.2, 0) is 4.84 Å². The van der Waals surface area contributed by atoms with Crippen molar-refractivity contribution in [3.05, 3.63) is 35.4 Å². The van der Waals surface area contributed by atoms with Crippen molar-refractivity contribution in [2.45, 2.75) is 95.1 Å². The fourth-order valence-corrected chi connectivity index (χ4v) is 5.51. The van der Waals surface area contributed by atoms with Crippen LogP contribution >= 0.6 is 34.8 Å². The Bertz CT molecular complexity index is 915. The average Bonchev–Trinajstić information content (AvgIpc) is 2.90. The zero-order valence-corrected chi connectivity index (χ0v) is 23.0. The lowest BCUT2D eigenvalue weighted by Crippen LogP contribution is -2.58. The Labute approximate surface area is 213 Å². The van der Waals surface area contributed by atoms with Crippen molar-refractivity contribution in [2.24, 2.45) is 10.5 Å². The minimum Gasteiger partial charge on any atom is -0.855 e. The molecule has 2 aliphatic heterocycles. The van der Waals surface area contributed by atoms with Crippen molar-refractivity contribution in [2.75, 3.05) is 6.61 Å². The Kier molecular flexibility index (Phi) is 7.55. The van der Waals surface area contributed by atoms with Crippen molar-refractivity contribution in [3.8, 4) is 0 Å². The number of halogens is 3. The van der Waals surface area contributed by atoms with E-state index in [-0.39, 0.29) is 22.5 Å². The molecular formula is C25H36Cl3N3O2. The molecule has 184 valence electrons. The molecule has 1 fully saturated rings. The van der Waals surface area contributed by atoms with Gasteiger partial charge in [-0.05, 0) is 85.0 Å². The van der Waals surface area contributed by atoms with E-state index < -0.39 is 9.69 Å². The van der Waals surface area contributed by atoms with Crippen LogP contribution < -0.4 is 5.11 Å². The number of hydrogen-bond acceptors (Lipinski definition) is 4. The topological polar surface area (TPSA) is 50.9 Å². The second-order valence-corrected chi connectivity index (χ2v) is 13.6. The van der Waals surface area contributed by atoms with E-state index in [2.05, 4.69) is 76.0 Å². The first-order valence-electron chi connectivity index (χ1n) is 11.5. The van der Waals surface area contributed by atoms with Gasteiger partial charge in [-0.3, -0.25) is 4.84 Å². The summed E-state index contributed by atoms with van der Waals surface area (Å²) < 4.78 is -0.383. The predicted molar refractivity (Wildman–Crippen MR) is 135 cm³/mol. The van der Waals surface area contributed by atoms with E-state index in [1.54, 1.807) is 4.68 Å². The average molecular weight is 517 g/mol.